The second-order valence-electron chi connectivity index (χ2n) is 5.95. The first kappa shape index (κ1) is 18.8. The van der Waals surface area contributed by atoms with Crippen molar-refractivity contribution in [3.8, 4) is 11.5 Å². The van der Waals surface area contributed by atoms with Crippen LogP contribution in [0.25, 0.3) is 0 Å². The molecule has 0 saturated carbocycles. The second kappa shape index (κ2) is 8.18. The summed E-state index contributed by atoms with van der Waals surface area (Å²) in [6.07, 6.45) is 0. The van der Waals surface area contributed by atoms with Crippen LogP contribution >= 0.6 is 11.6 Å². The van der Waals surface area contributed by atoms with Gasteiger partial charge in [-0.2, -0.15) is 0 Å². The van der Waals surface area contributed by atoms with Crippen molar-refractivity contribution in [2.24, 2.45) is 0 Å². The molecule has 0 spiro atoms. The highest BCUT2D eigenvalue weighted by Crippen LogP contribution is 2.28. The number of amides is 3. The van der Waals surface area contributed by atoms with Crippen LogP contribution in [0, 0.1) is 0 Å². The van der Waals surface area contributed by atoms with Crippen molar-refractivity contribution in [2.75, 3.05) is 44.1 Å². The van der Waals surface area contributed by atoms with Gasteiger partial charge in [0.2, 0.25) is 5.91 Å². The summed E-state index contributed by atoms with van der Waals surface area (Å²) in [5, 5.41) is 3.22. The Balaban J connectivity index is 1.63. The summed E-state index contributed by atoms with van der Waals surface area (Å²) in [5.74, 6) is 0.901. The highest BCUT2D eigenvalue weighted by Gasteiger charge is 2.31. The minimum atomic E-state index is -0.319. The molecule has 0 aliphatic carbocycles. The lowest BCUT2D eigenvalue weighted by atomic mass is 10.3. The summed E-state index contributed by atoms with van der Waals surface area (Å²) in [4.78, 5) is 28.1. The third-order valence-electron chi connectivity index (χ3n) is 4.25. The van der Waals surface area contributed by atoms with Gasteiger partial charge in [0.05, 0.1) is 19.9 Å². The Morgan fingerprint density at radius 2 is 1.85 bits per heavy atom. The molecule has 1 aliphatic heterocycles. The monoisotopic (exact) mass is 389 g/mol. The Kier molecular flexibility index (Phi) is 5.71. The zero-order valence-electron chi connectivity index (χ0n) is 15.1. The summed E-state index contributed by atoms with van der Waals surface area (Å²) in [6.45, 7) is 0.922. The van der Waals surface area contributed by atoms with E-state index < -0.39 is 0 Å². The lowest BCUT2D eigenvalue weighted by molar-refractivity contribution is -0.116. The topological polar surface area (TPSA) is 71.1 Å². The van der Waals surface area contributed by atoms with Crippen LogP contribution in [-0.2, 0) is 4.79 Å². The van der Waals surface area contributed by atoms with Crippen LogP contribution in [0.1, 0.15) is 0 Å². The SMILES string of the molecule is COc1ccc(N2CCN(CC(=O)Nc3cc(Cl)ccc3OC)C2=O)cc1. The van der Waals surface area contributed by atoms with Crippen molar-refractivity contribution >= 4 is 34.9 Å². The maximum absolute atomic E-state index is 12.6. The van der Waals surface area contributed by atoms with E-state index in [9.17, 15) is 9.59 Å². The van der Waals surface area contributed by atoms with E-state index in [0.717, 1.165) is 11.4 Å². The van der Waals surface area contributed by atoms with Gasteiger partial charge < -0.3 is 19.7 Å². The summed E-state index contributed by atoms with van der Waals surface area (Å²) in [7, 11) is 3.10. The molecule has 1 fully saturated rings. The molecule has 1 N–H and O–H groups in total. The molecule has 1 aliphatic rings. The number of methoxy groups -OCH3 is 2. The largest absolute Gasteiger partial charge is 0.497 e. The van der Waals surface area contributed by atoms with Crippen LogP contribution in [0.5, 0.6) is 11.5 Å². The van der Waals surface area contributed by atoms with Crippen LogP contribution in [0.2, 0.25) is 5.02 Å². The number of benzene rings is 2. The Morgan fingerprint density at radius 3 is 2.52 bits per heavy atom. The second-order valence-corrected chi connectivity index (χ2v) is 6.38. The van der Waals surface area contributed by atoms with Crippen molar-refractivity contribution in [1.29, 1.82) is 0 Å². The maximum atomic E-state index is 12.6. The van der Waals surface area contributed by atoms with Crippen molar-refractivity contribution in [1.82, 2.24) is 4.90 Å². The molecule has 3 amide bonds. The zero-order valence-corrected chi connectivity index (χ0v) is 15.8. The van der Waals surface area contributed by atoms with Crippen molar-refractivity contribution in [2.45, 2.75) is 0 Å². The van der Waals surface area contributed by atoms with E-state index in [4.69, 9.17) is 21.1 Å². The van der Waals surface area contributed by atoms with Crippen molar-refractivity contribution < 1.29 is 19.1 Å². The molecule has 142 valence electrons. The molecule has 0 bridgehead atoms. The average molecular weight is 390 g/mol. The number of ether oxygens (including phenoxy) is 2. The van der Waals surface area contributed by atoms with E-state index in [1.807, 2.05) is 12.1 Å². The fourth-order valence-corrected chi connectivity index (χ4v) is 3.04. The Labute approximate surface area is 162 Å². The summed E-state index contributed by atoms with van der Waals surface area (Å²) in [5.41, 5.74) is 1.23. The van der Waals surface area contributed by atoms with Crippen molar-refractivity contribution in [3.05, 3.63) is 47.5 Å². The molecule has 8 heteroatoms. The fraction of sp³-hybridized carbons (Fsp3) is 0.263. The minimum absolute atomic E-state index is 0.0544. The Hall–Kier alpha value is -2.93. The molecule has 0 unspecified atom stereocenters. The summed E-state index contributed by atoms with van der Waals surface area (Å²) < 4.78 is 10.3. The van der Waals surface area contributed by atoms with Crippen LogP contribution in [0.15, 0.2) is 42.5 Å². The molecular weight excluding hydrogens is 370 g/mol. The number of nitrogens with one attached hydrogen (secondary N) is 1. The highest BCUT2D eigenvalue weighted by atomic mass is 35.5. The normalized spacial score (nSPS) is 13.7. The predicted octanol–water partition coefficient (Wildman–Crippen LogP) is 3.24. The number of carbonyl (C=O) groups excluding carboxylic acids is 2. The first-order valence-electron chi connectivity index (χ1n) is 8.35. The van der Waals surface area contributed by atoms with Crippen LogP contribution in [0.3, 0.4) is 0 Å². The summed E-state index contributed by atoms with van der Waals surface area (Å²) >= 11 is 5.97. The minimum Gasteiger partial charge on any atom is -0.497 e. The van der Waals surface area contributed by atoms with Crippen LogP contribution in [-0.4, -0.2) is 50.7 Å². The van der Waals surface area contributed by atoms with E-state index in [0.29, 0.717) is 29.5 Å². The lowest BCUT2D eigenvalue weighted by Crippen LogP contribution is -2.37. The van der Waals surface area contributed by atoms with Crippen LogP contribution in [0.4, 0.5) is 16.2 Å². The van der Waals surface area contributed by atoms with Gasteiger partial charge in [0, 0.05) is 23.8 Å². The van der Waals surface area contributed by atoms with E-state index in [1.165, 1.54) is 12.0 Å². The maximum Gasteiger partial charge on any atom is 0.325 e. The Bertz CT molecular complexity index is 841. The van der Waals surface area contributed by atoms with Gasteiger partial charge in [0.15, 0.2) is 0 Å². The molecule has 0 atom stereocenters. The molecule has 2 aromatic rings. The fourth-order valence-electron chi connectivity index (χ4n) is 2.87. The van der Waals surface area contributed by atoms with Gasteiger partial charge >= 0.3 is 6.03 Å². The smallest absolute Gasteiger partial charge is 0.325 e. The number of hydrogen-bond donors (Lipinski definition) is 1. The standard InChI is InChI=1S/C19H20ClN3O4/c1-26-15-6-4-14(5-7-15)23-10-9-22(19(23)25)12-18(24)21-16-11-13(20)3-8-17(16)27-2/h3-8,11H,9-10,12H2,1-2H3,(H,21,24). The molecule has 2 aromatic carbocycles. The van der Waals surface area contributed by atoms with Gasteiger partial charge in [-0.1, -0.05) is 11.6 Å². The van der Waals surface area contributed by atoms with E-state index >= 15 is 0 Å². The lowest BCUT2D eigenvalue weighted by Gasteiger charge is -2.19. The zero-order chi connectivity index (χ0) is 19.4. The third kappa shape index (κ3) is 4.25. The van der Waals surface area contributed by atoms with Gasteiger partial charge in [-0.3, -0.25) is 9.69 Å². The highest BCUT2D eigenvalue weighted by molar-refractivity contribution is 6.31. The third-order valence-corrected chi connectivity index (χ3v) is 4.48. The first-order chi connectivity index (χ1) is 13.0. The quantitative estimate of drug-likeness (QED) is 0.823. The first-order valence-corrected chi connectivity index (χ1v) is 8.73. The van der Waals surface area contributed by atoms with Crippen LogP contribution < -0.4 is 19.7 Å². The number of nitrogens with zero attached hydrogens (tertiary/aromatic N) is 2. The molecule has 27 heavy (non-hydrogen) atoms. The average Bonchev–Trinajstić information content (AvgIpc) is 3.02. The molecule has 0 aromatic heterocycles. The van der Waals surface area contributed by atoms with Gasteiger partial charge in [0.1, 0.15) is 18.0 Å². The van der Waals surface area contributed by atoms with Crippen molar-refractivity contribution in [3.63, 3.8) is 0 Å². The molecule has 1 heterocycles. The van der Waals surface area contributed by atoms with E-state index in [2.05, 4.69) is 5.32 Å². The number of urea groups is 1. The summed E-state index contributed by atoms with van der Waals surface area (Å²) in [6, 6.07) is 12.0. The molecule has 1 saturated heterocycles. The molecule has 3 rings (SSSR count). The number of halogens is 1. The number of rotatable bonds is 6. The molecule has 0 radical (unpaired) electrons. The number of anilines is 2. The molecule has 7 nitrogen and oxygen atoms in total. The Morgan fingerprint density at radius 1 is 1.11 bits per heavy atom. The van der Waals surface area contributed by atoms with Gasteiger partial charge in [-0.25, -0.2) is 4.79 Å². The number of carbonyl (C=O) groups is 2. The predicted molar refractivity (Wildman–Crippen MR) is 104 cm³/mol. The van der Waals surface area contributed by atoms with Gasteiger partial charge in [0.25, 0.3) is 0 Å². The van der Waals surface area contributed by atoms with E-state index in [-0.39, 0.29) is 18.5 Å². The van der Waals surface area contributed by atoms with Gasteiger partial charge in [-0.05, 0) is 42.5 Å². The van der Waals surface area contributed by atoms with E-state index in [1.54, 1.807) is 42.3 Å². The molecular formula is C19H20ClN3O4. The van der Waals surface area contributed by atoms with Gasteiger partial charge in [-0.15, -0.1) is 0 Å². The number of hydrogen-bond acceptors (Lipinski definition) is 4.